The van der Waals surface area contributed by atoms with Crippen molar-refractivity contribution in [3.63, 3.8) is 0 Å². The zero-order chi connectivity index (χ0) is 17.5. The first-order valence-corrected chi connectivity index (χ1v) is 7.30. The molecule has 24 heavy (non-hydrogen) atoms. The molecule has 1 heterocycles. The molecule has 128 valence electrons. The highest BCUT2D eigenvalue weighted by molar-refractivity contribution is 5.91. The summed E-state index contributed by atoms with van der Waals surface area (Å²) >= 11 is 0. The molecular formula is C16H19N3O5. The van der Waals surface area contributed by atoms with Gasteiger partial charge < -0.3 is 25.3 Å². The number of rotatable bonds is 6. The van der Waals surface area contributed by atoms with Crippen LogP contribution in [0.2, 0.25) is 0 Å². The summed E-state index contributed by atoms with van der Waals surface area (Å²) in [7, 11) is 0. The first-order chi connectivity index (χ1) is 11.5. The fraction of sp³-hybridized carbons (Fsp3) is 0.250. The van der Waals surface area contributed by atoms with Crippen molar-refractivity contribution in [1.82, 2.24) is 10.3 Å². The molecule has 0 spiro atoms. The predicted molar refractivity (Wildman–Crippen MR) is 89.0 cm³/mol. The molecular weight excluding hydrogens is 314 g/mol. The maximum Gasteiger partial charge on any atom is 0.412 e. The van der Waals surface area contributed by atoms with E-state index in [1.165, 1.54) is 6.92 Å². The van der Waals surface area contributed by atoms with Gasteiger partial charge in [0.25, 0.3) is 0 Å². The number of carbonyl (C=O) groups excluding carboxylic acids is 2. The lowest BCUT2D eigenvalue weighted by Crippen LogP contribution is -2.22. The summed E-state index contributed by atoms with van der Waals surface area (Å²) in [5, 5.41) is 23.7. The number of ether oxygens (including phenoxy) is 1. The van der Waals surface area contributed by atoms with E-state index < -0.39 is 18.5 Å². The molecule has 1 aromatic heterocycles. The Labute approximate surface area is 138 Å². The number of nitrogens with one attached hydrogen (secondary N) is 3. The number of aromatic amines is 1. The van der Waals surface area contributed by atoms with E-state index in [0.717, 1.165) is 16.5 Å². The molecule has 1 aromatic carbocycles. The molecule has 0 bridgehead atoms. The fourth-order valence-electron chi connectivity index (χ4n) is 2.17. The molecule has 8 heteroatoms. The molecule has 0 fully saturated rings. The van der Waals surface area contributed by atoms with Crippen molar-refractivity contribution in [2.24, 2.45) is 0 Å². The second-order valence-electron chi connectivity index (χ2n) is 5.13. The van der Waals surface area contributed by atoms with E-state index in [1.807, 2.05) is 12.3 Å². The first kappa shape index (κ1) is 17.2. The van der Waals surface area contributed by atoms with Crippen LogP contribution in [-0.4, -0.2) is 40.3 Å². The maximum atomic E-state index is 11.6. The van der Waals surface area contributed by atoms with Crippen molar-refractivity contribution in [3.05, 3.63) is 42.0 Å². The number of amides is 2. The van der Waals surface area contributed by atoms with Gasteiger partial charge in [0.2, 0.25) is 5.91 Å². The van der Waals surface area contributed by atoms with Crippen molar-refractivity contribution < 1.29 is 24.5 Å². The van der Waals surface area contributed by atoms with E-state index in [9.17, 15) is 9.59 Å². The van der Waals surface area contributed by atoms with Gasteiger partial charge in [-0.15, -0.1) is 0 Å². The fourth-order valence-corrected chi connectivity index (χ4v) is 2.17. The van der Waals surface area contributed by atoms with Gasteiger partial charge in [0.1, 0.15) is 6.26 Å². The Morgan fingerprint density at radius 1 is 1.38 bits per heavy atom. The number of benzene rings is 1. The smallest absolute Gasteiger partial charge is 0.412 e. The van der Waals surface area contributed by atoms with Crippen LogP contribution in [0.3, 0.4) is 0 Å². The first-order valence-electron chi connectivity index (χ1n) is 7.30. The summed E-state index contributed by atoms with van der Waals surface area (Å²) in [6, 6.07) is 5.31. The molecule has 0 saturated heterocycles. The van der Waals surface area contributed by atoms with Crippen LogP contribution in [0.25, 0.3) is 10.9 Å². The van der Waals surface area contributed by atoms with Crippen LogP contribution >= 0.6 is 0 Å². The van der Waals surface area contributed by atoms with E-state index in [4.69, 9.17) is 14.9 Å². The van der Waals surface area contributed by atoms with Crippen LogP contribution in [0.4, 0.5) is 10.5 Å². The Morgan fingerprint density at radius 2 is 2.17 bits per heavy atom. The quantitative estimate of drug-likeness (QED) is 0.519. The molecule has 0 aliphatic heterocycles. The van der Waals surface area contributed by atoms with E-state index in [-0.39, 0.29) is 5.91 Å². The largest absolute Gasteiger partial charge is 0.512 e. The van der Waals surface area contributed by atoms with Crippen molar-refractivity contribution in [1.29, 1.82) is 0 Å². The van der Waals surface area contributed by atoms with Gasteiger partial charge >= 0.3 is 6.09 Å². The average Bonchev–Trinajstić information content (AvgIpc) is 2.95. The van der Waals surface area contributed by atoms with Crippen LogP contribution in [-0.2, 0) is 16.0 Å². The maximum absolute atomic E-state index is 11.6. The highest BCUT2D eigenvalue weighted by atomic mass is 16.6. The molecule has 0 unspecified atom stereocenters. The lowest BCUT2D eigenvalue weighted by molar-refractivity contribution is -0.118. The van der Waals surface area contributed by atoms with Crippen LogP contribution in [0.5, 0.6) is 0 Å². The highest BCUT2D eigenvalue weighted by Gasteiger charge is 2.08. The summed E-state index contributed by atoms with van der Waals surface area (Å²) in [6.07, 6.45) is 2.22. The molecule has 0 saturated carbocycles. The summed E-state index contributed by atoms with van der Waals surface area (Å²) in [5.41, 5.74) is 2.45. The summed E-state index contributed by atoms with van der Waals surface area (Å²) < 4.78 is 4.73. The molecule has 0 atom stereocenters. The number of aromatic nitrogens is 1. The molecule has 2 amide bonds. The Kier molecular flexibility index (Phi) is 5.67. The number of aliphatic hydroxyl groups is 2. The molecule has 0 aliphatic carbocycles. The topological polar surface area (TPSA) is 124 Å². The summed E-state index contributed by atoms with van der Waals surface area (Å²) in [6.45, 7) is 1.57. The van der Waals surface area contributed by atoms with Crippen molar-refractivity contribution in [2.45, 2.75) is 13.3 Å². The third-order valence-electron chi connectivity index (χ3n) is 3.28. The monoisotopic (exact) mass is 333 g/mol. The Morgan fingerprint density at radius 3 is 2.88 bits per heavy atom. The van der Waals surface area contributed by atoms with Crippen LogP contribution < -0.4 is 10.6 Å². The van der Waals surface area contributed by atoms with Gasteiger partial charge in [0, 0.05) is 36.3 Å². The molecule has 5 N–H and O–H groups in total. The summed E-state index contributed by atoms with van der Waals surface area (Å²) in [4.78, 5) is 25.7. The Balaban J connectivity index is 2.03. The third-order valence-corrected chi connectivity index (χ3v) is 3.28. The molecule has 2 aromatic rings. The number of fused-ring (bicyclic) bond motifs is 1. The molecule has 0 radical (unpaired) electrons. The Hall–Kier alpha value is -3.16. The minimum absolute atomic E-state index is 0.0832. The second-order valence-corrected chi connectivity index (χ2v) is 5.13. The average molecular weight is 333 g/mol. The number of hydrogen-bond acceptors (Lipinski definition) is 5. The minimum atomic E-state index is -0.752. The SMILES string of the molecule is CC(=O)NCCc1c[nH]c2ccc(NC(=O)OC/C(O)=C/O)cc12. The number of aliphatic hydroxyl groups excluding tert-OH is 2. The van der Waals surface area contributed by atoms with Gasteiger partial charge in [-0.05, 0) is 30.2 Å². The standard InChI is InChI=1S/C16H19N3O5/c1-10(21)17-5-4-11-7-18-15-3-2-12(6-14(11)15)19-16(23)24-9-13(22)8-20/h2-3,6-8,18,20,22H,4-5,9H2,1H3,(H,17,21)(H,19,23)/b13-8-. The van der Waals surface area contributed by atoms with Gasteiger partial charge in [0.15, 0.2) is 12.4 Å². The van der Waals surface area contributed by atoms with Crippen LogP contribution in [0.1, 0.15) is 12.5 Å². The van der Waals surface area contributed by atoms with Gasteiger partial charge in [-0.25, -0.2) is 4.79 Å². The third kappa shape index (κ3) is 4.67. The van der Waals surface area contributed by atoms with Crippen LogP contribution in [0, 0.1) is 0 Å². The number of carbonyl (C=O) groups is 2. The lowest BCUT2D eigenvalue weighted by Gasteiger charge is -2.07. The van der Waals surface area contributed by atoms with Crippen molar-refractivity contribution >= 4 is 28.6 Å². The highest BCUT2D eigenvalue weighted by Crippen LogP contribution is 2.23. The molecule has 2 rings (SSSR count). The van der Waals surface area contributed by atoms with Gasteiger partial charge in [-0.2, -0.15) is 0 Å². The van der Waals surface area contributed by atoms with E-state index in [1.54, 1.807) is 12.1 Å². The normalized spacial score (nSPS) is 11.3. The van der Waals surface area contributed by atoms with Crippen molar-refractivity contribution in [2.75, 3.05) is 18.5 Å². The van der Waals surface area contributed by atoms with Gasteiger partial charge in [-0.1, -0.05) is 0 Å². The molecule has 8 nitrogen and oxygen atoms in total. The second kappa shape index (κ2) is 7.91. The number of anilines is 1. The minimum Gasteiger partial charge on any atom is -0.512 e. The zero-order valence-corrected chi connectivity index (χ0v) is 13.1. The number of H-pyrrole nitrogens is 1. The van der Waals surface area contributed by atoms with Crippen LogP contribution in [0.15, 0.2) is 36.4 Å². The van der Waals surface area contributed by atoms with Gasteiger partial charge in [0.05, 0.1) is 0 Å². The lowest BCUT2D eigenvalue weighted by atomic mass is 10.1. The number of hydrogen-bond donors (Lipinski definition) is 5. The van der Waals surface area contributed by atoms with E-state index >= 15 is 0 Å². The Bertz CT molecular complexity index is 766. The van der Waals surface area contributed by atoms with E-state index in [0.29, 0.717) is 24.9 Å². The van der Waals surface area contributed by atoms with Gasteiger partial charge in [-0.3, -0.25) is 10.1 Å². The van der Waals surface area contributed by atoms with Crippen molar-refractivity contribution in [3.8, 4) is 0 Å². The van der Waals surface area contributed by atoms with E-state index in [2.05, 4.69) is 15.6 Å². The zero-order valence-electron chi connectivity index (χ0n) is 13.1. The summed E-state index contributed by atoms with van der Waals surface area (Å²) in [5.74, 6) is -0.536. The molecule has 0 aliphatic rings. The predicted octanol–water partition coefficient (Wildman–Crippen LogP) is 2.35.